The molecule has 2 atom stereocenters. The van der Waals surface area contributed by atoms with Crippen LogP contribution in [0.1, 0.15) is 38.6 Å². The molecule has 0 unspecified atom stereocenters. The Morgan fingerprint density at radius 3 is 2.59 bits per heavy atom. The average Bonchev–Trinajstić information content (AvgIpc) is 2.96. The molecule has 1 aromatic heterocycles. The van der Waals surface area contributed by atoms with Crippen molar-refractivity contribution >= 4 is 28.3 Å². The van der Waals surface area contributed by atoms with Gasteiger partial charge in [-0.25, -0.2) is 0 Å². The van der Waals surface area contributed by atoms with Gasteiger partial charge in [0.15, 0.2) is 5.41 Å². The number of nitrogens with two attached hydrogens (primary N) is 1. The number of carbonyl (C=O) groups is 2. The first kappa shape index (κ1) is 15.2. The molecule has 1 saturated heterocycles. The van der Waals surface area contributed by atoms with Crippen molar-refractivity contribution in [2.24, 2.45) is 10.8 Å². The molecule has 1 aliphatic heterocycles. The molecule has 22 heavy (non-hydrogen) atoms. The fourth-order valence-corrected chi connectivity index (χ4v) is 4.23. The summed E-state index contributed by atoms with van der Waals surface area (Å²) in [5.41, 5.74) is 3.36. The highest BCUT2D eigenvalue weighted by molar-refractivity contribution is 7.15. The second-order valence-electron chi connectivity index (χ2n) is 6.69. The van der Waals surface area contributed by atoms with Gasteiger partial charge in [-0.3, -0.25) is 9.59 Å². The van der Waals surface area contributed by atoms with Crippen LogP contribution in [-0.2, 0) is 20.7 Å². The molecule has 2 heterocycles. The molecular weight excluding hydrogens is 304 g/mol. The standard InChI is InChI=1S/C14H20N4O3S/c1-12(2)13(3)5-6-14(12,10(20)21-13)9(19)16-7-4-8-17-18-11(15)22-8/h4-7H2,1-3H3,(H2,15,18)(H,16,19)/t13-,14+/m1/s1. The number of anilines is 1. The number of hydrogen-bond acceptors (Lipinski definition) is 7. The zero-order valence-corrected chi connectivity index (χ0v) is 13.7. The highest BCUT2D eigenvalue weighted by Gasteiger charge is 2.76. The number of esters is 1. The van der Waals surface area contributed by atoms with Crippen molar-refractivity contribution in [1.82, 2.24) is 15.5 Å². The van der Waals surface area contributed by atoms with E-state index in [1.807, 2.05) is 20.8 Å². The minimum absolute atomic E-state index is 0.249. The first-order valence-corrected chi connectivity index (χ1v) is 8.14. The third kappa shape index (κ3) is 1.79. The van der Waals surface area contributed by atoms with Crippen molar-refractivity contribution in [3.8, 4) is 0 Å². The Hall–Kier alpha value is -1.70. The van der Waals surface area contributed by atoms with Gasteiger partial charge in [0.1, 0.15) is 10.6 Å². The molecule has 0 radical (unpaired) electrons. The number of nitrogens with one attached hydrogen (secondary N) is 1. The molecule has 7 nitrogen and oxygen atoms in total. The molecule has 3 N–H and O–H groups in total. The van der Waals surface area contributed by atoms with Crippen LogP contribution in [0.3, 0.4) is 0 Å². The number of amides is 1. The summed E-state index contributed by atoms with van der Waals surface area (Å²) < 4.78 is 5.52. The number of ether oxygens (including phenoxy) is 1. The van der Waals surface area contributed by atoms with Gasteiger partial charge >= 0.3 is 5.97 Å². The molecule has 2 fully saturated rings. The van der Waals surface area contributed by atoms with Crippen molar-refractivity contribution in [1.29, 1.82) is 0 Å². The first-order chi connectivity index (χ1) is 10.2. The van der Waals surface area contributed by atoms with Crippen molar-refractivity contribution in [2.45, 2.75) is 45.6 Å². The molecule has 120 valence electrons. The van der Waals surface area contributed by atoms with E-state index < -0.39 is 22.4 Å². The average molecular weight is 324 g/mol. The third-order valence-electron chi connectivity index (χ3n) is 5.53. The van der Waals surface area contributed by atoms with E-state index in [9.17, 15) is 9.59 Å². The van der Waals surface area contributed by atoms with Gasteiger partial charge in [-0.15, -0.1) is 10.2 Å². The summed E-state index contributed by atoms with van der Waals surface area (Å²) in [6.07, 6.45) is 1.79. The Kier molecular flexibility index (Phi) is 3.21. The van der Waals surface area contributed by atoms with E-state index in [0.29, 0.717) is 30.9 Å². The minimum atomic E-state index is -1.08. The highest BCUT2D eigenvalue weighted by Crippen LogP contribution is 2.65. The second-order valence-corrected chi connectivity index (χ2v) is 7.78. The number of fused-ring (bicyclic) bond motifs is 2. The van der Waals surface area contributed by atoms with Gasteiger partial charge in [-0.05, 0) is 19.8 Å². The van der Waals surface area contributed by atoms with Crippen molar-refractivity contribution < 1.29 is 14.3 Å². The van der Waals surface area contributed by atoms with Crippen molar-refractivity contribution in [3.05, 3.63) is 5.01 Å². The number of carbonyl (C=O) groups excluding carboxylic acids is 2. The summed E-state index contributed by atoms with van der Waals surface area (Å²) in [6.45, 7) is 6.19. The Balaban J connectivity index is 1.70. The number of nitrogens with zero attached hydrogens (tertiary/aromatic N) is 2. The van der Waals surface area contributed by atoms with Gasteiger partial charge in [0.2, 0.25) is 11.0 Å². The second kappa shape index (κ2) is 4.65. The van der Waals surface area contributed by atoms with Gasteiger partial charge in [-0.1, -0.05) is 25.2 Å². The summed E-state index contributed by atoms with van der Waals surface area (Å²) in [7, 11) is 0. The molecule has 1 amide bonds. The zero-order valence-electron chi connectivity index (χ0n) is 12.9. The number of rotatable bonds is 4. The Labute approximate surface area is 132 Å². The van der Waals surface area contributed by atoms with Gasteiger partial charge in [0, 0.05) is 18.4 Å². The fourth-order valence-electron chi connectivity index (χ4n) is 3.62. The molecule has 1 aromatic rings. The maximum absolute atomic E-state index is 12.7. The summed E-state index contributed by atoms with van der Waals surface area (Å²) in [5.74, 6) is -0.648. The number of aromatic nitrogens is 2. The van der Waals surface area contributed by atoms with Crippen LogP contribution in [0.2, 0.25) is 0 Å². The lowest BCUT2D eigenvalue weighted by atomic mass is 9.65. The molecule has 2 bridgehead atoms. The minimum Gasteiger partial charge on any atom is -0.458 e. The molecular formula is C14H20N4O3S. The highest BCUT2D eigenvalue weighted by atomic mass is 32.1. The Bertz CT molecular complexity index is 644. The molecule has 8 heteroatoms. The van der Waals surface area contributed by atoms with Crippen molar-refractivity contribution in [2.75, 3.05) is 12.3 Å². The lowest BCUT2D eigenvalue weighted by Crippen LogP contribution is -2.51. The Morgan fingerprint density at radius 2 is 2.09 bits per heavy atom. The zero-order chi connectivity index (χ0) is 16.2. The largest absolute Gasteiger partial charge is 0.458 e. The van der Waals surface area contributed by atoms with Crippen LogP contribution in [0.25, 0.3) is 0 Å². The van der Waals surface area contributed by atoms with E-state index in [1.165, 1.54) is 11.3 Å². The van der Waals surface area contributed by atoms with Crippen LogP contribution in [0, 0.1) is 10.8 Å². The molecule has 3 rings (SSSR count). The molecule has 0 spiro atoms. The van der Waals surface area contributed by atoms with Crippen LogP contribution in [0.5, 0.6) is 0 Å². The quantitative estimate of drug-likeness (QED) is 0.629. The Morgan fingerprint density at radius 1 is 1.36 bits per heavy atom. The van der Waals surface area contributed by atoms with Crippen LogP contribution < -0.4 is 11.1 Å². The third-order valence-corrected chi connectivity index (χ3v) is 6.34. The smallest absolute Gasteiger partial charge is 0.322 e. The van der Waals surface area contributed by atoms with Crippen LogP contribution in [-0.4, -0.2) is 34.2 Å². The summed E-state index contributed by atoms with van der Waals surface area (Å²) in [6, 6.07) is 0. The van der Waals surface area contributed by atoms with Crippen LogP contribution in [0.15, 0.2) is 0 Å². The van der Waals surface area contributed by atoms with Gasteiger partial charge in [-0.2, -0.15) is 0 Å². The summed E-state index contributed by atoms with van der Waals surface area (Å²) in [5, 5.41) is 11.7. The summed E-state index contributed by atoms with van der Waals surface area (Å²) in [4.78, 5) is 25.1. The molecule has 0 aromatic carbocycles. The maximum Gasteiger partial charge on any atom is 0.322 e. The van der Waals surface area contributed by atoms with Gasteiger partial charge in [0.05, 0.1) is 0 Å². The lowest BCUT2D eigenvalue weighted by molar-refractivity contribution is -0.162. The number of nitrogen functional groups attached to an aromatic ring is 1. The maximum atomic E-state index is 12.7. The topological polar surface area (TPSA) is 107 Å². The van der Waals surface area contributed by atoms with E-state index in [2.05, 4.69) is 15.5 Å². The lowest BCUT2D eigenvalue weighted by Gasteiger charge is -2.34. The number of hydrogen-bond donors (Lipinski definition) is 2. The van der Waals surface area contributed by atoms with Gasteiger partial charge < -0.3 is 15.8 Å². The van der Waals surface area contributed by atoms with Crippen LogP contribution >= 0.6 is 11.3 Å². The van der Waals surface area contributed by atoms with E-state index in [4.69, 9.17) is 10.5 Å². The van der Waals surface area contributed by atoms with Gasteiger partial charge in [0.25, 0.3) is 0 Å². The fraction of sp³-hybridized carbons (Fsp3) is 0.714. The van der Waals surface area contributed by atoms with Crippen molar-refractivity contribution in [3.63, 3.8) is 0 Å². The first-order valence-electron chi connectivity index (χ1n) is 7.32. The van der Waals surface area contributed by atoms with E-state index >= 15 is 0 Å². The monoisotopic (exact) mass is 324 g/mol. The van der Waals surface area contributed by atoms with E-state index in [1.54, 1.807) is 0 Å². The normalized spacial score (nSPS) is 32.0. The molecule has 2 aliphatic rings. The van der Waals surface area contributed by atoms with E-state index in [0.717, 1.165) is 5.01 Å². The molecule has 1 aliphatic carbocycles. The predicted molar refractivity (Wildman–Crippen MR) is 81.0 cm³/mol. The predicted octanol–water partition coefficient (Wildman–Crippen LogP) is 0.901. The SMILES string of the molecule is CC1(C)[C@]2(C(=O)NCCc3nnc(N)s3)CC[C@@]1(C)OC2=O. The molecule has 1 saturated carbocycles. The summed E-state index contributed by atoms with van der Waals surface area (Å²) >= 11 is 1.30. The van der Waals surface area contributed by atoms with E-state index in [-0.39, 0.29) is 5.91 Å². The van der Waals surface area contributed by atoms with Crippen LogP contribution in [0.4, 0.5) is 5.13 Å².